The Morgan fingerprint density at radius 3 is 2.85 bits per heavy atom. The molecule has 0 atom stereocenters. The number of benzene rings is 1. The van der Waals surface area contributed by atoms with Crippen molar-refractivity contribution in [2.75, 3.05) is 0 Å². The first-order valence-electron chi connectivity index (χ1n) is 4.13. The number of hydrogen-bond acceptors (Lipinski definition) is 3. The second kappa shape index (κ2) is 3.94. The quantitative estimate of drug-likeness (QED) is 0.559. The molecule has 0 aliphatic heterocycles. The number of carbonyl (C=O) groups excluding carboxylic acids is 1. The van der Waals surface area contributed by atoms with E-state index < -0.39 is 0 Å². The molecule has 0 spiro atoms. The molecular weight excluding hydrogens is 168 g/mol. The number of ether oxygens (including phenoxy) is 1. The minimum atomic E-state index is -0.297. The van der Waals surface area contributed by atoms with Crippen LogP contribution in [0.15, 0.2) is 18.2 Å². The van der Waals surface area contributed by atoms with Gasteiger partial charge in [-0.05, 0) is 18.6 Å². The lowest BCUT2D eigenvalue weighted by atomic mass is 10.2. The van der Waals surface area contributed by atoms with Crippen molar-refractivity contribution in [3.8, 4) is 11.5 Å². The van der Waals surface area contributed by atoms with Gasteiger partial charge in [0.2, 0.25) is 0 Å². The molecule has 1 aromatic rings. The third kappa shape index (κ3) is 2.47. The minimum absolute atomic E-state index is 0.101. The van der Waals surface area contributed by atoms with Crippen molar-refractivity contribution in [2.45, 2.75) is 20.3 Å². The summed E-state index contributed by atoms with van der Waals surface area (Å²) in [6.45, 7) is 3.54. The largest absolute Gasteiger partial charge is 0.508 e. The molecule has 0 aromatic heterocycles. The summed E-state index contributed by atoms with van der Waals surface area (Å²) < 4.78 is 4.98. The van der Waals surface area contributed by atoms with Gasteiger partial charge in [0, 0.05) is 12.5 Å². The molecule has 3 nitrogen and oxygen atoms in total. The predicted octanol–water partition coefficient (Wildman–Crippen LogP) is 2.02. The first-order valence-corrected chi connectivity index (χ1v) is 4.13. The molecule has 13 heavy (non-hydrogen) atoms. The number of phenols is 1. The Hall–Kier alpha value is -1.51. The molecule has 0 saturated carbocycles. The summed E-state index contributed by atoms with van der Waals surface area (Å²) in [6, 6.07) is 4.69. The van der Waals surface area contributed by atoms with Crippen molar-refractivity contribution in [1.82, 2.24) is 0 Å². The molecule has 1 aromatic carbocycles. The Bertz CT molecular complexity index is 318. The molecule has 0 radical (unpaired) electrons. The fourth-order valence-corrected chi connectivity index (χ4v) is 0.894. The van der Waals surface area contributed by atoms with Crippen molar-refractivity contribution in [3.63, 3.8) is 0 Å². The van der Waals surface area contributed by atoms with Crippen LogP contribution in [0.2, 0.25) is 0 Å². The van der Waals surface area contributed by atoms with Crippen molar-refractivity contribution < 1.29 is 14.6 Å². The van der Waals surface area contributed by atoms with Gasteiger partial charge in [-0.1, -0.05) is 13.0 Å². The van der Waals surface area contributed by atoms with E-state index in [4.69, 9.17) is 9.84 Å². The summed E-state index contributed by atoms with van der Waals surface area (Å²) >= 11 is 0. The third-order valence-electron chi connectivity index (χ3n) is 1.68. The van der Waals surface area contributed by atoms with Gasteiger partial charge in [-0.25, -0.2) is 0 Å². The lowest BCUT2D eigenvalue weighted by molar-refractivity contribution is -0.134. The second-order valence-electron chi connectivity index (χ2n) is 2.78. The zero-order valence-electron chi connectivity index (χ0n) is 7.70. The van der Waals surface area contributed by atoms with E-state index in [2.05, 4.69) is 0 Å². The minimum Gasteiger partial charge on any atom is -0.508 e. The van der Waals surface area contributed by atoms with E-state index in [1.165, 1.54) is 6.07 Å². The molecule has 1 rings (SSSR count). The maximum Gasteiger partial charge on any atom is 0.310 e. The van der Waals surface area contributed by atoms with E-state index in [1.807, 2.05) is 6.92 Å². The highest BCUT2D eigenvalue weighted by Crippen LogP contribution is 2.23. The summed E-state index contributed by atoms with van der Waals surface area (Å²) in [7, 11) is 0. The number of esters is 1. The summed E-state index contributed by atoms with van der Waals surface area (Å²) in [4.78, 5) is 10.9. The Balaban J connectivity index is 2.87. The van der Waals surface area contributed by atoms with Crippen LogP contribution in [-0.2, 0) is 4.79 Å². The molecule has 0 unspecified atom stereocenters. The Morgan fingerprint density at radius 2 is 2.23 bits per heavy atom. The van der Waals surface area contributed by atoms with Crippen LogP contribution in [0.5, 0.6) is 11.5 Å². The number of aryl methyl sites for hydroxylation is 1. The van der Waals surface area contributed by atoms with Crippen LogP contribution in [0.3, 0.4) is 0 Å². The highest BCUT2D eigenvalue weighted by Gasteiger charge is 2.05. The van der Waals surface area contributed by atoms with Crippen molar-refractivity contribution in [3.05, 3.63) is 23.8 Å². The number of phenolic OH excluding ortho intramolecular Hbond substituents is 1. The summed E-state index contributed by atoms with van der Waals surface area (Å²) in [5.41, 5.74) is 0.833. The Morgan fingerprint density at radius 1 is 1.54 bits per heavy atom. The molecule has 0 aliphatic rings. The summed E-state index contributed by atoms with van der Waals surface area (Å²) in [5, 5.41) is 9.13. The first kappa shape index (κ1) is 9.58. The van der Waals surface area contributed by atoms with E-state index in [9.17, 15) is 4.79 Å². The lowest BCUT2D eigenvalue weighted by Crippen LogP contribution is -2.06. The van der Waals surface area contributed by atoms with Crippen molar-refractivity contribution in [1.29, 1.82) is 0 Å². The molecule has 0 amide bonds. The number of hydrogen-bond donors (Lipinski definition) is 1. The smallest absolute Gasteiger partial charge is 0.310 e. The summed E-state index contributed by atoms with van der Waals surface area (Å²) in [5.74, 6) is 0.227. The monoisotopic (exact) mass is 180 g/mol. The van der Waals surface area contributed by atoms with Gasteiger partial charge in [-0.2, -0.15) is 0 Å². The highest BCUT2D eigenvalue weighted by molar-refractivity contribution is 5.72. The number of carbonyl (C=O) groups is 1. The number of rotatable bonds is 2. The van der Waals surface area contributed by atoms with Gasteiger partial charge in [0.25, 0.3) is 0 Å². The topological polar surface area (TPSA) is 46.5 Å². The van der Waals surface area contributed by atoms with Crippen LogP contribution in [0.4, 0.5) is 0 Å². The standard InChI is InChI=1S/C10H12O3/c1-3-10(12)13-9-6-8(11)5-4-7(9)2/h4-6,11H,3H2,1-2H3. The number of aromatic hydroxyl groups is 1. The molecule has 0 heterocycles. The van der Waals surface area contributed by atoms with E-state index in [0.717, 1.165) is 5.56 Å². The van der Waals surface area contributed by atoms with Crippen LogP contribution in [-0.4, -0.2) is 11.1 Å². The average Bonchev–Trinajstić information content (AvgIpc) is 2.11. The fourth-order valence-electron chi connectivity index (χ4n) is 0.894. The van der Waals surface area contributed by atoms with Crippen LogP contribution in [0.1, 0.15) is 18.9 Å². The molecule has 3 heteroatoms. The molecule has 0 bridgehead atoms. The predicted molar refractivity (Wildman–Crippen MR) is 48.8 cm³/mol. The van der Waals surface area contributed by atoms with Gasteiger partial charge in [0.15, 0.2) is 0 Å². The van der Waals surface area contributed by atoms with E-state index in [1.54, 1.807) is 19.1 Å². The molecule has 1 N–H and O–H groups in total. The zero-order chi connectivity index (χ0) is 9.84. The first-order chi connectivity index (χ1) is 6.13. The van der Waals surface area contributed by atoms with Gasteiger partial charge < -0.3 is 9.84 Å². The van der Waals surface area contributed by atoms with Gasteiger partial charge in [0.05, 0.1) is 0 Å². The average molecular weight is 180 g/mol. The molecule has 0 saturated heterocycles. The maximum atomic E-state index is 10.9. The van der Waals surface area contributed by atoms with Crippen LogP contribution >= 0.6 is 0 Å². The normalized spacial score (nSPS) is 9.69. The maximum absolute atomic E-state index is 10.9. The van der Waals surface area contributed by atoms with E-state index >= 15 is 0 Å². The molecule has 0 aliphatic carbocycles. The van der Waals surface area contributed by atoms with Crippen LogP contribution < -0.4 is 4.74 Å². The van der Waals surface area contributed by atoms with Gasteiger partial charge >= 0.3 is 5.97 Å². The Labute approximate surface area is 77.0 Å². The van der Waals surface area contributed by atoms with Crippen LogP contribution in [0.25, 0.3) is 0 Å². The van der Waals surface area contributed by atoms with Crippen molar-refractivity contribution >= 4 is 5.97 Å². The molecule has 70 valence electrons. The lowest BCUT2D eigenvalue weighted by Gasteiger charge is -2.05. The fraction of sp³-hybridized carbons (Fsp3) is 0.300. The zero-order valence-corrected chi connectivity index (χ0v) is 7.70. The van der Waals surface area contributed by atoms with Gasteiger partial charge in [-0.15, -0.1) is 0 Å². The SMILES string of the molecule is CCC(=O)Oc1cc(O)ccc1C. The molecule has 0 fully saturated rings. The summed E-state index contributed by atoms with van der Waals surface area (Å²) in [6.07, 6.45) is 0.328. The Kier molecular flexibility index (Phi) is 2.90. The third-order valence-corrected chi connectivity index (χ3v) is 1.68. The highest BCUT2D eigenvalue weighted by atomic mass is 16.5. The van der Waals surface area contributed by atoms with Gasteiger partial charge in [-0.3, -0.25) is 4.79 Å². The van der Waals surface area contributed by atoms with Crippen molar-refractivity contribution in [2.24, 2.45) is 0 Å². The van der Waals surface area contributed by atoms with Gasteiger partial charge in [0.1, 0.15) is 11.5 Å². The van der Waals surface area contributed by atoms with E-state index in [-0.39, 0.29) is 11.7 Å². The molecular formula is C10H12O3. The van der Waals surface area contributed by atoms with E-state index in [0.29, 0.717) is 12.2 Å². The second-order valence-corrected chi connectivity index (χ2v) is 2.78. The van der Waals surface area contributed by atoms with Crippen LogP contribution in [0, 0.1) is 6.92 Å².